The number of rotatable bonds is 2. The molecule has 0 aromatic heterocycles. The van der Waals surface area contributed by atoms with E-state index in [4.69, 9.17) is 0 Å². The van der Waals surface area contributed by atoms with Crippen LogP contribution in [0.25, 0.3) is 0 Å². The normalized spacial score (nSPS) is 14.9. The summed E-state index contributed by atoms with van der Waals surface area (Å²) < 4.78 is 14.8. The number of hydrogen-bond acceptors (Lipinski definition) is 1. The van der Waals surface area contributed by atoms with Crippen LogP contribution in [0.15, 0.2) is 36.4 Å². The molecule has 0 spiro atoms. The molecule has 0 saturated heterocycles. The van der Waals surface area contributed by atoms with Crippen LogP contribution in [0.1, 0.15) is 34.0 Å². The van der Waals surface area contributed by atoms with Crippen molar-refractivity contribution in [3.8, 4) is 0 Å². The first-order valence-electron chi connectivity index (χ1n) is 6.73. The Balaban J connectivity index is 2.02. The molecule has 19 heavy (non-hydrogen) atoms. The van der Waals surface area contributed by atoms with Crippen molar-refractivity contribution in [1.82, 2.24) is 0 Å². The smallest absolute Gasteiger partial charge is 0.152 e. The summed E-state index contributed by atoms with van der Waals surface area (Å²) in [5, 5.41) is 3.31. The molecule has 98 valence electrons. The van der Waals surface area contributed by atoms with Gasteiger partial charge < -0.3 is 5.32 Å². The molecule has 2 aromatic carbocycles. The van der Waals surface area contributed by atoms with Crippen molar-refractivity contribution in [3.05, 3.63) is 64.2 Å². The Morgan fingerprint density at radius 2 is 1.95 bits per heavy atom. The van der Waals surface area contributed by atoms with Gasteiger partial charge in [-0.25, -0.2) is 4.39 Å². The number of hydrogen-bond donors (Lipinski definition) is 1. The Hall–Kier alpha value is -1.83. The van der Waals surface area contributed by atoms with Crippen LogP contribution in [0.4, 0.5) is 10.1 Å². The highest BCUT2D eigenvalue weighted by molar-refractivity contribution is 5.63. The summed E-state index contributed by atoms with van der Waals surface area (Å²) in [5.41, 5.74) is 6.06. The lowest BCUT2D eigenvalue weighted by atomic mass is 9.96. The van der Waals surface area contributed by atoms with Crippen molar-refractivity contribution in [2.75, 3.05) is 11.9 Å². The lowest BCUT2D eigenvalue weighted by molar-refractivity contribution is 0.403. The third kappa shape index (κ3) is 2.12. The lowest BCUT2D eigenvalue weighted by Gasteiger charge is -2.15. The van der Waals surface area contributed by atoms with Crippen LogP contribution in [0.3, 0.4) is 0 Å². The Labute approximate surface area is 113 Å². The van der Waals surface area contributed by atoms with E-state index >= 15 is 0 Å². The molecule has 1 unspecified atom stereocenters. The van der Waals surface area contributed by atoms with E-state index in [9.17, 15) is 4.39 Å². The monoisotopic (exact) mass is 255 g/mol. The summed E-state index contributed by atoms with van der Waals surface area (Å²) in [5.74, 6) is 0. The van der Waals surface area contributed by atoms with Gasteiger partial charge in [0, 0.05) is 17.8 Å². The minimum Gasteiger partial charge on any atom is -0.384 e. The van der Waals surface area contributed by atoms with Crippen molar-refractivity contribution in [1.29, 1.82) is 0 Å². The highest BCUT2D eigenvalue weighted by Crippen LogP contribution is 2.36. The number of alkyl halides is 1. The molecule has 0 amide bonds. The fraction of sp³-hybridized carbons (Fsp3) is 0.294. The van der Waals surface area contributed by atoms with Crippen molar-refractivity contribution >= 4 is 5.69 Å². The molecule has 0 radical (unpaired) electrons. The van der Waals surface area contributed by atoms with Crippen LogP contribution >= 0.6 is 0 Å². The zero-order valence-electron chi connectivity index (χ0n) is 11.3. The van der Waals surface area contributed by atoms with E-state index in [2.05, 4.69) is 11.4 Å². The Kier molecular flexibility index (Phi) is 3.02. The van der Waals surface area contributed by atoms with Gasteiger partial charge in [0.05, 0.1) is 0 Å². The van der Waals surface area contributed by atoms with E-state index < -0.39 is 6.17 Å². The van der Waals surface area contributed by atoms with Crippen LogP contribution in [0.2, 0.25) is 0 Å². The molecule has 0 aliphatic carbocycles. The van der Waals surface area contributed by atoms with Gasteiger partial charge in [0.1, 0.15) is 0 Å². The van der Waals surface area contributed by atoms with Gasteiger partial charge in [0.25, 0.3) is 0 Å². The Bertz CT molecular complexity index is 619. The fourth-order valence-electron chi connectivity index (χ4n) is 2.68. The first-order chi connectivity index (χ1) is 9.16. The number of nitrogens with one attached hydrogen (secondary N) is 1. The van der Waals surface area contributed by atoms with Crippen LogP contribution in [-0.4, -0.2) is 6.54 Å². The predicted octanol–water partition coefficient (Wildman–Crippen LogP) is 4.33. The number of halogens is 1. The summed E-state index contributed by atoms with van der Waals surface area (Å²) in [6.45, 7) is 4.99. The van der Waals surface area contributed by atoms with E-state index in [0.717, 1.165) is 35.3 Å². The van der Waals surface area contributed by atoms with E-state index in [1.807, 2.05) is 44.2 Å². The topological polar surface area (TPSA) is 12.0 Å². The van der Waals surface area contributed by atoms with Crippen molar-refractivity contribution in [2.45, 2.75) is 26.4 Å². The quantitative estimate of drug-likeness (QED) is 0.842. The Morgan fingerprint density at radius 3 is 2.74 bits per heavy atom. The molecule has 0 bridgehead atoms. The number of anilines is 1. The van der Waals surface area contributed by atoms with Crippen molar-refractivity contribution in [3.63, 3.8) is 0 Å². The standard InChI is InChI=1S/C17H18FN/c1-11-6-7-14(10-12(11)2)16(18)15-5-3-4-13-8-9-19-17(13)15/h3-7,10,16,19H,8-9H2,1-2H3. The first kappa shape index (κ1) is 12.2. The molecule has 1 aliphatic heterocycles. The predicted molar refractivity (Wildman–Crippen MR) is 77.5 cm³/mol. The zero-order valence-corrected chi connectivity index (χ0v) is 11.3. The number of para-hydroxylation sites is 1. The van der Waals surface area contributed by atoms with Gasteiger partial charge in [-0.1, -0.05) is 36.4 Å². The van der Waals surface area contributed by atoms with Crippen molar-refractivity contribution in [2.24, 2.45) is 0 Å². The average molecular weight is 255 g/mol. The fourth-order valence-corrected chi connectivity index (χ4v) is 2.68. The molecule has 1 atom stereocenters. The molecule has 1 N–H and O–H groups in total. The maximum Gasteiger partial charge on any atom is 0.152 e. The van der Waals surface area contributed by atoms with Gasteiger partial charge in [-0.15, -0.1) is 0 Å². The van der Waals surface area contributed by atoms with Gasteiger partial charge in [-0.05, 0) is 42.5 Å². The molecule has 1 aliphatic rings. The third-order valence-electron chi connectivity index (χ3n) is 3.98. The second-order valence-corrected chi connectivity index (χ2v) is 5.26. The molecule has 2 heteroatoms. The van der Waals surface area contributed by atoms with Crippen molar-refractivity contribution < 1.29 is 4.39 Å². The zero-order chi connectivity index (χ0) is 13.4. The molecule has 0 saturated carbocycles. The van der Waals surface area contributed by atoms with E-state index in [1.165, 1.54) is 11.1 Å². The van der Waals surface area contributed by atoms with Gasteiger partial charge >= 0.3 is 0 Å². The maximum absolute atomic E-state index is 14.8. The minimum absolute atomic E-state index is 0.741. The second-order valence-electron chi connectivity index (χ2n) is 5.26. The van der Waals surface area contributed by atoms with E-state index in [1.54, 1.807) is 0 Å². The van der Waals surface area contributed by atoms with Gasteiger partial charge in [-0.3, -0.25) is 0 Å². The molecular formula is C17H18FN. The van der Waals surface area contributed by atoms with Crippen LogP contribution in [-0.2, 0) is 6.42 Å². The largest absolute Gasteiger partial charge is 0.384 e. The average Bonchev–Trinajstić information content (AvgIpc) is 2.89. The SMILES string of the molecule is Cc1ccc(C(F)c2cccc3c2NCC3)cc1C. The molecule has 3 rings (SSSR count). The van der Waals surface area contributed by atoms with Crippen LogP contribution < -0.4 is 5.32 Å². The summed E-state index contributed by atoms with van der Waals surface area (Å²) in [6.07, 6.45) is -0.0668. The number of fused-ring (bicyclic) bond motifs is 1. The first-order valence-corrected chi connectivity index (χ1v) is 6.73. The maximum atomic E-state index is 14.8. The molecular weight excluding hydrogens is 237 g/mol. The molecule has 0 fully saturated rings. The summed E-state index contributed by atoms with van der Waals surface area (Å²) in [6, 6.07) is 11.8. The van der Waals surface area contributed by atoms with Gasteiger partial charge in [0.15, 0.2) is 6.17 Å². The summed E-state index contributed by atoms with van der Waals surface area (Å²) >= 11 is 0. The Morgan fingerprint density at radius 1 is 1.11 bits per heavy atom. The highest BCUT2D eigenvalue weighted by Gasteiger charge is 2.21. The van der Waals surface area contributed by atoms with Crippen LogP contribution in [0, 0.1) is 13.8 Å². The summed E-state index contributed by atoms with van der Waals surface area (Å²) in [7, 11) is 0. The van der Waals surface area contributed by atoms with Gasteiger partial charge in [0.2, 0.25) is 0 Å². The second kappa shape index (κ2) is 4.69. The number of benzene rings is 2. The summed E-state index contributed by atoms with van der Waals surface area (Å²) in [4.78, 5) is 0. The van der Waals surface area contributed by atoms with Gasteiger partial charge in [-0.2, -0.15) is 0 Å². The molecule has 1 heterocycles. The number of aryl methyl sites for hydroxylation is 2. The molecule has 1 nitrogen and oxygen atoms in total. The third-order valence-corrected chi connectivity index (χ3v) is 3.98. The van der Waals surface area contributed by atoms with Crippen LogP contribution in [0.5, 0.6) is 0 Å². The lowest BCUT2D eigenvalue weighted by Crippen LogP contribution is -2.01. The highest BCUT2D eigenvalue weighted by atomic mass is 19.1. The van der Waals surface area contributed by atoms with E-state index in [0.29, 0.717) is 0 Å². The van der Waals surface area contributed by atoms with E-state index in [-0.39, 0.29) is 0 Å². The molecule has 2 aromatic rings. The minimum atomic E-state index is -1.06.